The fraction of sp³-hybridized carbons (Fsp3) is 0.250. The number of nitrogens with one attached hydrogen (secondary N) is 1. The van der Waals surface area contributed by atoms with Crippen molar-refractivity contribution in [2.45, 2.75) is 26.3 Å². The van der Waals surface area contributed by atoms with Crippen molar-refractivity contribution in [2.24, 2.45) is 0 Å². The first-order valence-corrected chi connectivity index (χ1v) is 8.86. The van der Waals surface area contributed by atoms with Gasteiger partial charge in [0.15, 0.2) is 5.58 Å². The number of rotatable bonds is 1. The Balaban J connectivity index is 2.23. The van der Waals surface area contributed by atoms with Gasteiger partial charge in [-0.15, -0.1) is 0 Å². The average Bonchev–Trinajstić information content (AvgIpc) is 2.54. The van der Waals surface area contributed by atoms with Crippen molar-refractivity contribution in [1.29, 1.82) is 0 Å². The number of hydrogen-bond acceptors (Lipinski definition) is 4. The van der Waals surface area contributed by atoms with Gasteiger partial charge in [0.1, 0.15) is 5.75 Å². The van der Waals surface area contributed by atoms with Crippen molar-refractivity contribution in [2.75, 3.05) is 12.4 Å². The lowest BCUT2D eigenvalue weighted by Gasteiger charge is -2.32. The molecule has 4 rings (SSSR count). The van der Waals surface area contributed by atoms with E-state index in [1.165, 1.54) is 0 Å². The number of anilines is 1. The molecule has 5 heteroatoms. The minimum Gasteiger partial charge on any atom is -0.496 e. The van der Waals surface area contributed by atoms with Gasteiger partial charge in [-0.25, -0.2) is 4.79 Å². The normalized spacial score (nSPS) is 15.6. The highest BCUT2D eigenvalue weighted by Crippen LogP contribution is 2.42. The van der Waals surface area contributed by atoms with Gasteiger partial charge in [0.05, 0.1) is 27.9 Å². The summed E-state index contributed by atoms with van der Waals surface area (Å²) < 4.78 is 11.9. The molecule has 1 N–H and O–H groups in total. The zero-order chi connectivity index (χ0) is 17.9. The summed E-state index contributed by atoms with van der Waals surface area (Å²) in [4.78, 5) is 12.8. The molecule has 128 valence electrons. The number of ether oxygens (including phenoxy) is 1. The first kappa shape index (κ1) is 16.2. The molecule has 25 heavy (non-hydrogen) atoms. The van der Waals surface area contributed by atoms with E-state index >= 15 is 0 Å². The second-order valence-electron chi connectivity index (χ2n) is 6.93. The van der Waals surface area contributed by atoms with Crippen molar-refractivity contribution < 1.29 is 9.15 Å². The number of allylic oxidation sites excluding steroid dienone is 1. The van der Waals surface area contributed by atoms with Crippen LogP contribution in [0.2, 0.25) is 0 Å². The number of methoxy groups -OCH3 is 1. The highest BCUT2D eigenvalue weighted by molar-refractivity contribution is 9.10. The third-order valence-corrected chi connectivity index (χ3v) is 5.22. The van der Waals surface area contributed by atoms with Crippen molar-refractivity contribution >= 4 is 48.9 Å². The molecule has 1 aliphatic rings. The summed E-state index contributed by atoms with van der Waals surface area (Å²) in [5, 5.41) is 5.69. The lowest BCUT2D eigenvalue weighted by atomic mass is 9.88. The summed E-state index contributed by atoms with van der Waals surface area (Å²) in [6.45, 7) is 6.24. The molecule has 0 radical (unpaired) electrons. The number of fused-ring (bicyclic) bond motifs is 5. The van der Waals surface area contributed by atoms with Gasteiger partial charge in [-0.2, -0.15) is 0 Å². The van der Waals surface area contributed by atoms with E-state index in [0.717, 1.165) is 32.1 Å². The molecule has 0 bridgehead atoms. The summed E-state index contributed by atoms with van der Waals surface area (Å²) in [6.07, 6.45) is 2.14. The van der Waals surface area contributed by atoms with Crippen molar-refractivity contribution in [3.05, 3.63) is 50.8 Å². The van der Waals surface area contributed by atoms with E-state index < -0.39 is 0 Å². The van der Waals surface area contributed by atoms with Crippen LogP contribution >= 0.6 is 15.9 Å². The highest BCUT2D eigenvalue weighted by Gasteiger charge is 2.26. The van der Waals surface area contributed by atoms with Crippen LogP contribution in [0.25, 0.3) is 27.3 Å². The Morgan fingerprint density at radius 1 is 1.16 bits per heavy atom. The molecule has 2 aromatic carbocycles. The summed E-state index contributed by atoms with van der Waals surface area (Å²) in [7, 11) is 1.62. The average molecular weight is 400 g/mol. The van der Waals surface area contributed by atoms with Crippen molar-refractivity contribution in [3.63, 3.8) is 0 Å². The Kier molecular flexibility index (Phi) is 3.48. The maximum Gasteiger partial charge on any atom is 0.344 e. The van der Waals surface area contributed by atoms with Gasteiger partial charge in [0.2, 0.25) is 0 Å². The second-order valence-corrected chi connectivity index (χ2v) is 7.78. The minimum absolute atomic E-state index is 0.164. The quantitative estimate of drug-likeness (QED) is 0.444. The van der Waals surface area contributed by atoms with Crippen LogP contribution in [0.15, 0.2) is 44.0 Å². The maximum absolute atomic E-state index is 12.8. The molecule has 0 saturated carbocycles. The minimum atomic E-state index is -0.345. The van der Waals surface area contributed by atoms with Gasteiger partial charge in [-0.1, -0.05) is 12.1 Å². The molecule has 0 spiro atoms. The molecular weight excluding hydrogens is 382 g/mol. The lowest BCUT2D eigenvalue weighted by Crippen LogP contribution is -2.31. The van der Waals surface area contributed by atoms with Gasteiger partial charge < -0.3 is 14.5 Å². The van der Waals surface area contributed by atoms with Gasteiger partial charge in [-0.3, -0.25) is 0 Å². The Morgan fingerprint density at radius 3 is 2.64 bits per heavy atom. The molecule has 0 fully saturated rings. The van der Waals surface area contributed by atoms with Crippen LogP contribution < -0.4 is 15.7 Å². The number of halogens is 1. The molecule has 3 aromatic rings. The molecule has 1 aliphatic heterocycles. The van der Waals surface area contributed by atoms with Crippen molar-refractivity contribution in [1.82, 2.24) is 0 Å². The van der Waals surface area contributed by atoms with E-state index in [4.69, 9.17) is 9.15 Å². The molecule has 0 amide bonds. The third-order valence-electron chi connectivity index (χ3n) is 4.59. The topological polar surface area (TPSA) is 51.5 Å². The van der Waals surface area contributed by atoms with Crippen LogP contribution in [-0.4, -0.2) is 12.6 Å². The Hall–Kier alpha value is -2.27. The monoisotopic (exact) mass is 399 g/mol. The lowest BCUT2D eigenvalue weighted by molar-refractivity contribution is 0.419. The predicted octanol–water partition coefficient (Wildman–Crippen LogP) is 5.32. The smallest absolute Gasteiger partial charge is 0.344 e. The van der Waals surface area contributed by atoms with Gasteiger partial charge >= 0.3 is 5.63 Å². The Labute approximate surface area is 153 Å². The van der Waals surface area contributed by atoms with Crippen molar-refractivity contribution in [3.8, 4) is 5.75 Å². The molecule has 0 atom stereocenters. The van der Waals surface area contributed by atoms with Crippen LogP contribution in [0, 0.1) is 0 Å². The standard InChI is InChI=1S/C20H18BrNO3/c1-10-9-20(2,3)22-13-7-5-11-16-14(24-4)8-6-12(21)18(16)25-19(23)17(11)15(10)13/h5-9,22H,1-4H3. The van der Waals surface area contributed by atoms with Gasteiger partial charge in [0.25, 0.3) is 0 Å². The fourth-order valence-corrected chi connectivity index (χ4v) is 4.15. The largest absolute Gasteiger partial charge is 0.496 e. The Bertz CT molecular complexity index is 1130. The SMILES string of the molecule is COc1ccc(Br)c2oc(=O)c3c4c(ccc3c12)NC(C)(C)C=C4C. The van der Waals surface area contributed by atoms with E-state index in [0.29, 0.717) is 16.7 Å². The van der Waals surface area contributed by atoms with E-state index in [1.54, 1.807) is 7.11 Å². The van der Waals surface area contributed by atoms with Gasteiger partial charge in [-0.05, 0) is 60.5 Å². The highest BCUT2D eigenvalue weighted by atomic mass is 79.9. The van der Waals surface area contributed by atoms with Gasteiger partial charge in [0, 0.05) is 16.6 Å². The van der Waals surface area contributed by atoms with E-state index in [9.17, 15) is 4.79 Å². The molecule has 0 saturated heterocycles. The van der Waals surface area contributed by atoms with E-state index in [2.05, 4.69) is 41.2 Å². The number of benzene rings is 2. The molecule has 0 aliphatic carbocycles. The molecule has 0 unspecified atom stereocenters. The zero-order valence-corrected chi connectivity index (χ0v) is 16.1. The van der Waals surface area contributed by atoms with Crippen LogP contribution in [0.3, 0.4) is 0 Å². The summed E-state index contributed by atoms with van der Waals surface area (Å²) >= 11 is 3.47. The summed E-state index contributed by atoms with van der Waals surface area (Å²) in [5.41, 5.74) is 2.89. The molecule has 4 nitrogen and oxygen atoms in total. The zero-order valence-electron chi connectivity index (χ0n) is 14.5. The molecular formula is C20H18BrNO3. The maximum atomic E-state index is 12.8. The second kappa shape index (κ2) is 5.36. The van der Waals surface area contributed by atoms with Crippen LogP contribution in [0.4, 0.5) is 5.69 Å². The first-order valence-electron chi connectivity index (χ1n) is 8.06. The predicted molar refractivity (Wildman–Crippen MR) is 106 cm³/mol. The van der Waals surface area contributed by atoms with Crippen LogP contribution in [0.1, 0.15) is 26.3 Å². The third kappa shape index (κ3) is 2.37. The van der Waals surface area contributed by atoms with Crippen LogP contribution in [-0.2, 0) is 0 Å². The van der Waals surface area contributed by atoms with E-state index in [-0.39, 0.29) is 11.2 Å². The summed E-state index contributed by atoms with van der Waals surface area (Å²) in [5.74, 6) is 0.678. The van der Waals surface area contributed by atoms with Crippen LogP contribution in [0.5, 0.6) is 5.75 Å². The Morgan fingerprint density at radius 2 is 1.92 bits per heavy atom. The number of hydrogen-bond donors (Lipinski definition) is 1. The molecule has 1 aromatic heterocycles. The summed E-state index contributed by atoms with van der Waals surface area (Å²) in [6, 6.07) is 7.68. The fourth-order valence-electron chi connectivity index (χ4n) is 3.74. The first-order chi connectivity index (χ1) is 11.8. The molecule has 2 heterocycles. The van der Waals surface area contributed by atoms with E-state index in [1.807, 2.05) is 31.2 Å².